The molecule has 3 fully saturated rings. The number of carbonyl (C=O) groups excluding carboxylic acids is 2. The highest BCUT2D eigenvalue weighted by atomic mass is 16.5. The van der Waals surface area contributed by atoms with E-state index in [2.05, 4.69) is 13.8 Å². The van der Waals surface area contributed by atoms with Gasteiger partial charge in [-0.15, -0.1) is 0 Å². The first-order valence-electron chi connectivity index (χ1n) is 9.32. The molecule has 132 valence electrons. The summed E-state index contributed by atoms with van der Waals surface area (Å²) in [5, 5.41) is 0. The molecule has 4 rings (SSSR count). The third kappa shape index (κ3) is 1.80. The van der Waals surface area contributed by atoms with Crippen LogP contribution in [0.1, 0.15) is 59.3 Å². The van der Waals surface area contributed by atoms with E-state index in [1.807, 2.05) is 6.92 Å². The molecule has 0 amide bonds. The Morgan fingerprint density at radius 2 is 1.96 bits per heavy atom. The molecule has 0 N–H and O–H groups in total. The van der Waals surface area contributed by atoms with Crippen molar-refractivity contribution in [3.8, 4) is 0 Å². The van der Waals surface area contributed by atoms with Gasteiger partial charge in [0.25, 0.3) is 0 Å². The quantitative estimate of drug-likeness (QED) is 0.688. The topological polar surface area (TPSA) is 52.6 Å². The summed E-state index contributed by atoms with van der Waals surface area (Å²) in [6, 6.07) is 0. The van der Waals surface area contributed by atoms with Crippen molar-refractivity contribution in [3.05, 3.63) is 11.3 Å². The van der Waals surface area contributed by atoms with Gasteiger partial charge >= 0.3 is 5.97 Å². The third-order valence-corrected chi connectivity index (χ3v) is 7.89. The van der Waals surface area contributed by atoms with Crippen molar-refractivity contribution >= 4 is 11.8 Å². The van der Waals surface area contributed by atoms with Gasteiger partial charge in [-0.3, -0.25) is 9.59 Å². The summed E-state index contributed by atoms with van der Waals surface area (Å²) in [5.74, 6) is 0.937. The van der Waals surface area contributed by atoms with Crippen LogP contribution in [0.25, 0.3) is 0 Å². The summed E-state index contributed by atoms with van der Waals surface area (Å²) in [7, 11) is 1.58. The number of carbonyl (C=O) groups is 2. The van der Waals surface area contributed by atoms with Gasteiger partial charge < -0.3 is 9.47 Å². The Balaban J connectivity index is 1.92. The number of hydrogen-bond acceptors (Lipinski definition) is 4. The molecule has 24 heavy (non-hydrogen) atoms. The molecule has 0 aromatic rings. The number of ether oxygens (including phenoxy) is 2. The fourth-order valence-electron chi connectivity index (χ4n) is 6.75. The minimum atomic E-state index is -0.292. The third-order valence-electron chi connectivity index (χ3n) is 7.89. The van der Waals surface area contributed by atoms with Crippen molar-refractivity contribution in [3.63, 3.8) is 0 Å². The Kier molecular flexibility index (Phi) is 3.43. The zero-order valence-electron chi connectivity index (χ0n) is 15.2. The highest BCUT2D eigenvalue weighted by Gasteiger charge is 2.68. The van der Waals surface area contributed by atoms with Crippen LogP contribution in [0.3, 0.4) is 0 Å². The van der Waals surface area contributed by atoms with E-state index >= 15 is 0 Å². The molecule has 4 heteroatoms. The lowest BCUT2D eigenvalue weighted by Gasteiger charge is -2.64. The average Bonchev–Trinajstić information content (AvgIpc) is 2.52. The van der Waals surface area contributed by atoms with Gasteiger partial charge in [-0.1, -0.05) is 26.7 Å². The predicted octanol–water partition coefficient (Wildman–Crippen LogP) is 3.64. The molecule has 1 aliphatic heterocycles. The molecule has 1 heterocycles. The van der Waals surface area contributed by atoms with Gasteiger partial charge in [0.1, 0.15) is 6.10 Å². The maximum atomic E-state index is 13.5. The van der Waals surface area contributed by atoms with E-state index in [0.717, 1.165) is 24.8 Å². The molecule has 0 radical (unpaired) electrons. The molecule has 0 aromatic heterocycles. The molecule has 6 atom stereocenters. The van der Waals surface area contributed by atoms with E-state index in [-0.39, 0.29) is 40.5 Å². The molecule has 4 aliphatic rings. The standard InChI is InChI=1S/C20H28O4/c1-11-13-10-15(21)24-14-9-12-7-5-6-8-19(12,2)18(20(13,14)3)16(22)17(11)23-4/h12-14,18H,5-10H2,1-4H3/t12-,13-,14-,18-,19-,20+/m1/s1. The van der Waals surface area contributed by atoms with Gasteiger partial charge in [-0.2, -0.15) is 0 Å². The van der Waals surface area contributed by atoms with Crippen molar-refractivity contribution in [2.75, 3.05) is 7.11 Å². The Morgan fingerprint density at radius 3 is 2.67 bits per heavy atom. The fraction of sp³-hybridized carbons (Fsp3) is 0.800. The number of esters is 1. The van der Waals surface area contributed by atoms with Crippen LogP contribution in [-0.4, -0.2) is 25.0 Å². The van der Waals surface area contributed by atoms with Gasteiger partial charge in [0, 0.05) is 17.3 Å². The molecular formula is C20H28O4. The van der Waals surface area contributed by atoms with Crippen LogP contribution in [0.5, 0.6) is 0 Å². The van der Waals surface area contributed by atoms with Gasteiger partial charge in [-0.05, 0) is 43.1 Å². The normalized spacial score (nSPS) is 47.7. The van der Waals surface area contributed by atoms with Crippen LogP contribution >= 0.6 is 0 Å². The highest BCUT2D eigenvalue weighted by molar-refractivity contribution is 5.99. The van der Waals surface area contributed by atoms with Crippen molar-refractivity contribution in [2.24, 2.45) is 28.6 Å². The lowest BCUT2D eigenvalue weighted by Crippen LogP contribution is -2.66. The maximum absolute atomic E-state index is 13.5. The summed E-state index contributed by atoms with van der Waals surface area (Å²) < 4.78 is 11.4. The second-order valence-electron chi connectivity index (χ2n) is 8.80. The summed E-state index contributed by atoms with van der Waals surface area (Å²) in [6.07, 6.45) is 5.78. The molecule has 0 bridgehead atoms. The van der Waals surface area contributed by atoms with Gasteiger partial charge in [0.2, 0.25) is 5.78 Å². The average molecular weight is 332 g/mol. The minimum absolute atomic E-state index is 0.00688. The van der Waals surface area contributed by atoms with Crippen molar-refractivity contribution in [2.45, 2.75) is 65.4 Å². The molecule has 2 saturated carbocycles. The Morgan fingerprint density at radius 1 is 1.21 bits per heavy atom. The lowest BCUT2D eigenvalue weighted by atomic mass is 9.41. The second kappa shape index (κ2) is 5.09. The first-order chi connectivity index (χ1) is 11.3. The second-order valence-corrected chi connectivity index (χ2v) is 8.80. The number of Topliss-reactive ketones (excluding diaryl/α,β-unsaturated/α-hetero) is 1. The molecule has 0 unspecified atom stereocenters. The van der Waals surface area contributed by atoms with Crippen LogP contribution in [0.4, 0.5) is 0 Å². The maximum Gasteiger partial charge on any atom is 0.306 e. The lowest BCUT2D eigenvalue weighted by molar-refractivity contribution is -0.218. The van der Waals surface area contributed by atoms with Crippen molar-refractivity contribution < 1.29 is 19.1 Å². The zero-order chi connectivity index (χ0) is 17.3. The molecule has 4 nitrogen and oxygen atoms in total. The summed E-state index contributed by atoms with van der Waals surface area (Å²) >= 11 is 0. The first-order valence-corrected chi connectivity index (χ1v) is 9.32. The van der Waals surface area contributed by atoms with Gasteiger partial charge in [-0.25, -0.2) is 0 Å². The largest absolute Gasteiger partial charge is 0.493 e. The van der Waals surface area contributed by atoms with Gasteiger partial charge in [0.15, 0.2) is 5.76 Å². The summed E-state index contributed by atoms with van der Waals surface area (Å²) in [4.78, 5) is 25.7. The Labute approximate surface area is 144 Å². The van der Waals surface area contributed by atoms with E-state index in [4.69, 9.17) is 9.47 Å². The predicted molar refractivity (Wildman–Crippen MR) is 89.0 cm³/mol. The smallest absolute Gasteiger partial charge is 0.306 e. The van der Waals surface area contributed by atoms with Gasteiger partial charge in [0.05, 0.1) is 13.5 Å². The van der Waals surface area contributed by atoms with Crippen molar-refractivity contribution in [1.29, 1.82) is 0 Å². The Hall–Kier alpha value is -1.32. The molecule has 1 saturated heterocycles. The first kappa shape index (κ1) is 16.2. The highest BCUT2D eigenvalue weighted by Crippen LogP contribution is 2.67. The number of ketones is 1. The van der Waals surface area contributed by atoms with E-state index in [0.29, 0.717) is 18.1 Å². The van der Waals surface area contributed by atoms with Crippen LogP contribution in [0, 0.1) is 28.6 Å². The number of fused-ring (bicyclic) bond motifs is 2. The number of hydrogen-bond donors (Lipinski definition) is 0. The van der Waals surface area contributed by atoms with E-state index < -0.39 is 0 Å². The minimum Gasteiger partial charge on any atom is -0.493 e. The number of allylic oxidation sites excluding steroid dienone is 2. The summed E-state index contributed by atoms with van der Waals surface area (Å²) in [5.41, 5.74) is 0.646. The molecular weight excluding hydrogens is 304 g/mol. The molecule has 0 spiro atoms. The van der Waals surface area contributed by atoms with E-state index in [1.165, 1.54) is 12.8 Å². The molecule has 3 aliphatic carbocycles. The van der Waals surface area contributed by atoms with Crippen LogP contribution < -0.4 is 0 Å². The zero-order valence-corrected chi connectivity index (χ0v) is 15.2. The molecule has 0 aromatic carbocycles. The van der Waals surface area contributed by atoms with E-state index in [9.17, 15) is 9.59 Å². The number of rotatable bonds is 1. The van der Waals surface area contributed by atoms with Crippen LogP contribution in [0.15, 0.2) is 11.3 Å². The summed E-state index contributed by atoms with van der Waals surface area (Å²) in [6.45, 7) is 6.47. The SMILES string of the molecule is COC1=C(C)[C@H]2CC(=O)O[C@@H]3C[C@H]4CCCC[C@@]4(C)[C@@H](C1=O)[C@@]23C. The number of methoxy groups -OCH3 is 1. The Bertz CT molecular complexity index is 636. The van der Waals surface area contributed by atoms with Crippen LogP contribution in [-0.2, 0) is 19.1 Å². The fourth-order valence-corrected chi connectivity index (χ4v) is 6.75. The van der Waals surface area contributed by atoms with Crippen molar-refractivity contribution in [1.82, 2.24) is 0 Å². The monoisotopic (exact) mass is 332 g/mol. The van der Waals surface area contributed by atoms with Crippen LogP contribution in [0.2, 0.25) is 0 Å². The van der Waals surface area contributed by atoms with E-state index in [1.54, 1.807) is 7.11 Å².